The van der Waals surface area contributed by atoms with E-state index < -0.39 is 13.1 Å². The Morgan fingerprint density at radius 2 is 2.09 bits per heavy atom. The van der Waals surface area contributed by atoms with Gasteiger partial charge in [0, 0.05) is 0 Å². The van der Waals surface area contributed by atoms with E-state index in [1.807, 2.05) is 36.4 Å². The molecule has 0 unspecified atom stereocenters. The molecule has 1 aromatic carbocycles. The highest BCUT2D eigenvalue weighted by Gasteiger charge is 2.22. The molecular weight excluding hydrogens is 277 g/mol. The highest BCUT2D eigenvalue weighted by atomic mass is 16.5. The van der Waals surface area contributed by atoms with Gasteiger partial charge in [0.25, 0.3) is 0 Å². The molecule has 1 atom stereocenters. The summed E-state index contributed by atoms with van der Waals surface area (Å²) in [5.41, 5.74) is 0.956. The van der Waals surface area contributed by atoms with Gasteiger partial charge in [-0.15, -0.1) is 6.58 Å². The molecule has 120 valence electrons. The molecule has 2 N–H and O–H groups in total. The van der Waals surface area contributed by atoms with Crippen molar-refractivity contribution in [2.45, 2.75) is 51.6 Å². The van der Waals surface area contributed by atoms with Crippen LogP contribution in [-0.2, 0) is 16.1 Å². The lowest BCUT2D eigenvalue weighted by molar-refractivity contribution is -0.147. The Morgan fingerprint density at radius 1 is 1.36 bits per heavy atom. The number of allylic oxidation sites excluding steroid dienone is 1. The molecule has 0 fully saturated rings. The average Bonchev–Trinajstić information content (AvgIpc) is 2.52. The molecule has 0 saturated heterocycles. The molecule has 0 spiro atoms. The number of rotatable bonds is 11. The summed E-state index contributed by atoms with van der Waals surface area (Å²) in [6.45, 7) is 5.56. The molecule has 0 heterocycles. The van der Waals surface area contributed by atoms with Crippen molar-refractivity contribution in [2.24, 2.45) is 0 Å². The quantitative estimate of drug-likeness (QED) is 0.286. The summed E-state index contributed by atoms with van der Waals surface area (Å²) in [7, 11) is -0.734. The smallest absolute Gasteiger partial charge is 0.374 e. The van der Waals surface area contributed by atoms with Gasteiger partial charge in [-0.2, -0.15) is 0 Å². The van der Waals surface area contributed by atoms with Crippen molar-refractivity contribution in [1.29, 1.82) is 0 Å². The van der Waals surface area contributed by atoms with Gasteiger partial charge in [0.2, 0.25) is 0 Å². The van der Waals surface area contributed by atoms with Crippen molar-refractivity contribution in [3.63, 3.8) is 0 Å². The van der Waals surface area contributed by atoms with Crippen LogP contribution < -0.4 is 5.23 Å². The van der Waals surface area contributed by atoms with E-state index in [0.717, 1.165) is 31.2 Å². The third-order valence-corrected chi connectivity index (χ3v) is 3.35. The zero-order valence-electron chi connectivity index (χ0n) is 13.3. The van der Waals surface area contributed by atoms with Crippen LogP contribution in [0.2, 0.25) is 6.82 Å². The number of hydrogen-bond donors (Lipinski definition) is 2. The number of carbonyl (C=O) groups excluding carboxylic acids is 1. The van der Waals surface area contributed by atoms with E-state index in [-0.39, 0.29) is 12.6 Å². The maximum atomic E-state index is 12.2. The van der Waals surface area contributed by atoms with E-state index in [1.54, 1.807) is 6.82 Å². The molecule has 0 saturated carbocycles. The molecule has 0 aliphatic carbocycles. The normalized spacial score (nSPS) is 11.7. The number of ether oxygens (including phenoxy) is 1. The standard InChI is InChI=1S/C17H26BNO3/c1-3-4-5-6-10-13-16(19-18(2)21)17(20)22-14-15-11-8-7-9-12-15/h3,7-9,11-12,16,19,21H,1,4-6,10,13-14H2,2H3/t16-/m0/s1. The summed E-state index contributed by atoms with van der Waals surface area (Å²) >= 11 is 0. The van der Waals surface area contributed by atoms with Crippen molar-refractivity contribution in [3.8, 4) is 0 Å². The second-order valence-electron chi connectivity index (χ2n) is 5.42. The average molecular weight is 303 g/mol. The Labute approximate surface area is 133 Å². The molecule has 0 radical (unpaired) electrons. The monoisotopic (exact) mass is 303 g/mol. The summed E-state index contributed by atoms with van der Waals surface area (Å²) in [5.74, 6) is -0.312. The Balaban J connectivity index is 2.40. The topological polar surface area (TPSA) is 58.6 Å². The Hall–Kier alpha value is -1.59. The third kappa shape index (κ3) is 8.00. The minimum atomic E-state index is -0.734. The lowest BCUT2D eigenvalue weighted by Gasteiger charge is -2.18. The van der Waals surface area contributed by atoms with Gasteiger partial charge in [-0.05, 0) is 31.6 Å². The van der Waals surface area contributed by atoms with E-state index in [9.17, 15) is 9.82 Å². The Bertz CT molecular complexity index is 437. The van der Waals surface area contributed by atoms with E-state index in [2.05, 4.69) is 11.8 Å². The highest BCUT2D eigenvalue weighted by molar-refractivity contribution is 6.46. The lowest BCUT2D eigenvalue weighted by atomic mass is 9.86. The molecule has 22 heavy (non-hydrogen) atoms. The van der Waals surface area contributed by atoms with Gasteiger partial charge in [-0.1, -0.05) is 49.2 Å². The van der Waals surface area contributed by atoms with E-state index in [0.29, 0.717) is 6.42 Å². The lowest BCUT2D eigenvalue weighted by Crippen LogP contribution is -2.45. The largest absolute Gasteiger partial charge is 0.460 e. The SMILES string of the molecule is C=CCCCCC[C@H](NB(C)O)C(=O)OCc1ccccc1. The molecule has 0 aliphatic heterocycles. The van der Waals surface area contributed by atoms with Crippen LogP contribution in [-0.4, -0.2) is 24.1 Å². The molecule has 1 rings (SSSR count). The van der Waals surface area contributed by atoms with Crippen LogP contribution >= 0.6 is 0 Å². The molecule has 0 aromatic heterocycles. The first-order valence-corrected chi connectivity index (χ1v) is 7.89. The summed E-state index contributed by atoms with van der Waals surface area (Å²) in [6, 6.07) is 9.11. The first kappa shape index (κ1) is 18.5. The van der Waals surface area contributed by atoms with Crippen LogP contribution in [0.15, 0.2) is 43.0 Å². The fraction of sp³-hybridized carbons (Fsp3) is 0.471. The van der Waals surface area contributed by atoms with Gasteiger partial charge in [0.05, 0.1) is 6.04 Å². The van der Waals surface area contributed by atoms with Crippen molar-refractivity contribution in [2.75, 3.05) is 0 Å². The van der Waals surface area contributed by atoms with Crippen molar-refractivity contribution >= 4 is 13.0 Å². The van der Waals surface area contributed by atoms with Crippen molar-refractivity contribution in [1.82, 2.24) is 5.23 Å². The minimum Gasteiger partial charge on any atom is -0.460 e. The molecule has 0 amide bonds. The van der Waals surface area contributed by atoms with Gasteiger partial charge < -0.3 is 15.0 Å². The van der Waals surface area contributed by atoms with Crippen LogP contribution in [0, 0.1) is 0 Å². The van der Waals surface area contributed by atoms with Gasteiger partial charge in [0.15, 0.2) is 0 Å². The van der Waals surface area contributed by atoms with Crippen LogP contribution in [0.4, 0.5) is 0 Å². The molecular formula is C17H26BNO3. The van der Waals surface area contributed by atoms with Crippen LogP contribution in [0.3, 0.4) is 0 Å². The summed E-state index contributed by atoms with van der Waals surface area (Å²) < 4.78 is 5.34. The number of benzene rings is 1. The molecule has 4 nitrogen and oxygen atoms in total. The highest BCUT2D eigenvalue weighted by Crippen LogP contribution is 2.09. The Kier molecular flexibility index (Phi) is 9.27. The summed E-state index contributed by atoms with van der Waals surface area (Å²) in [5, 5.41) is 12.3. The van der Waals surface area contributed by atoms with Crippen LogP contribution in [0.5, 0.6) is 0 Å². The van der Waals surface area contributed by atoms with E-state index >= 15 is 0 Å². The third-order valence-electron chi connectivity index (χ3n) is 3.35. The van der Waals surface area contributed by atoms with Crippen molar-refractivity contribution < 1.29 is 14.6 Å². The fourth-order valence-electron chi connectivity index (χ4n) is 2.20. The maximum Gasteiger partial charge on any atom is 0.374 e. The molecule has 5 heteroatoms. The first-order valence-electron chi connectivity index (χ1n) is 7.89. The number of nitrogens with one attached hydrogen (secondary N) is 1. The van der Waals surface area contributed by atoms with Crippen LogP contribution in [0.1, 0.15) is 37.7 Å². The maximum absolute atomic E-state index is 12.2. The van der Waals surface area contributed by atoms with Gasteiger partial charge in [-0.3, -0.25) is 4.79 Å². The number of unbranched alkanes of at least 4 members (excludes halogenated alkanes) is 3. The second-order valence-corrected chi connectivity index (χ2v) is 5.42. The zero-order chi connectivity index (χ0) is 16.2. The zero-order valence-corrected chi connectivity index (χ0v) is 13.3. The summed E-state index contributed by atoms with van der Waals surface area (Å²) in [4.78, 5) is 12.2. The number of esters is 1. The van der Waals surface area contributed by atoms with Gasteiger partial charge in [-0.25, -0.2) is 0 Å². The fourth-order valence-corrected chi connectivity index (χ4v) is 2.20. The number of hydrogen-bond acceptors (Lipinski definition) is 4. The van der Waals surface area contributed by atoms with Crippen LogP contribution in [0.25, 0.3) is 0 Å². The van der Waals surface area contributed by atoms with E-state index in [1.165, 1.54) is 0 Å². The van der Waals surface area contributed by atoms with E-state index in [4.69, 9.17) is 4.74 Å². The minimum absolute atomic E-state index is 0.258. The summed E-state index contributed by atoms with van der Waals surface area (Å²) in [6.07, 6.45) is 6.58. The van der Waals surface area contributed by atoms with Crippen molar-refractivity contribution in [3.05, 3.63) is 48.6 Å². The first-order chi connectivity index (χ1) is 10.6. The second kappa shape index (κ2) is 11.0. The predicted octanol–water partition coefficient (Wildman–Crippen LogP) is 2.93. The molecule has 0 aliphatic rings. The predicted molar refractivity (Wildman–Crippen MR) is 90.3 cm³/mol. The Morgan fingerprint density at radius 3 is 2.73 bits per heavy atom. The number of carbonyl (C=O) groups is 1. The van der Waals surface area contributed by atoms with Gasteiger partial charge >= 0.3 is 13.0 Å². The molecule has 0 bridgehead atoms. The molecule has 1 aromatic rings. The van der Waals surface area contributed by atoms with Gasteiger partial charge in [0.1, 0.15) is 6.61 Å².